The number of aromatic nitrogens is 5. The van der Waals surface area contributed by atoms with Crippen molar-refractivity contribution in [2.45, 2.75) is 10.9 Å². The molecule has 0 fully saturated rings. The molecule has 4 aromatic rings. The monoisotopic (exact) mass is 315 g/mol. The van der Waals surface area contributed by atoms with Crippen LogP contribution in [0.2, 0.25) is 0 Å². The standard InChI is InChI=1S/C13H10N6S2/c14-12-15-7(5-20-12)6-21-13-17-11-10(18-19-13)8-3-1-2-4-9(8)16-11/h1-5H,6H2,(H2,14,15)(H,16,17,19)/p+1. The van der Waals surface area contributed by atoms with Gasteiger partial charge < -0.3 is 4.98 Å². The maximum Gasteiger partial charge on any atom is 0.329 e. The smallest absolute Gasteiger partial charge is 0.329 e. The quantitative estimate of drug-likeness (QED) is 0.565. The van der Waals surface area contributed by atoms with Gasteiger partial charge in [0.1, 0.15) is 11.2 Å². The number of thiazole rings is 1. The molecule has 104 valence electrons. The number of nitrogens with one attached hydrogen (secondary N) is 2. The first-order valence-corrected chi connectivity index (χ1v) is 8.15. The Bertz CT molecular complexity index is 929. The Morgan fingerprint density at radius 1 is 1.29 bits per heavy atom. The lowest BCUT2D eigenvalue weighted by atomic mass is 10.2. The third-order valence-corrected chi connectivity index (χ3v) is 4.72. The second-order valence-electron chi connectivity index (χ2n) is 4.50. The lowest BCUT2D eigenvalue weighted by molar-refractivity contribution is -0.364. The molecule has 8 heteroatoms. The first-order chi connectivity index (χ1) is 10.3. The van der Waals surface area contributed by atoms with Gasteiger partial charge in [-0.1, -0.05) is 41.3 Å². The second-order valence-corrected chi connectivity index (χ2v) is 6.35. The van der Waals surface area contributed by atoms with Crippen molar-refractivity contribution in [3.05, 3.63) is 35.3 Å². The summed E-state index contributed by atoms with van der Waals surface area (Å²) in [5.41, 5.74) is 9.32. The summed E-state index contributed by atoms with van der Waals surface area (Å²) >= 11 is 3.02. The summed E-state index contributed by atoms with van der Waals surface area (Å²) in [6.07, 6.45) is 0. The van der Waals surface area contributed by atoms with Gasteiger partial charge in [-0.2, -0.15) is 0 Å². The number of aromatic amines is 2. The Morgan fingerprint density at radius 3 is 3.05 bits per heavy atom. The van der Waals surface area contributed by atoms with Crippen molar-refractivity contribution in [2.24, 2.45) is 0 Å². The van der Waals surface area contributed by atoms with Crippen LogP contribution in [0.1, 0.15) is 5.69 Å². The van der Waals surface area contributed by atoms with Crippen molar-refractivity contribution >= 4 is 50.3 Å². The number of hydrogen-bond acceptors (Lipinski definition) is 6. The van der Waals surface area contributed by atoms with Gasteiger partial charge in [-0.3, -0.25) is 5.73 Å². The molecule has 0 amide bonds. The first kappa shape index (κ1) is 12.5. The molecule has 3 heterocycles. The number of nitrogens with zero attached hydrogens (tertiary/aromatic N) is 3. The summed E-state index contributed by atoms with van der Waals surface area (Å²) in [5, 5.41) is 12.9. The molecule has 21 heavy (non-hydrogen) atoms. The van der Waals surface area contributed by atoms with E-state index in [0.29, 0.717) is 10.3 Å². The normalized spacial score (nSPS) is 11.4. The highest BCUT2D eigenvalue weighted by atomic mass is 32.2. The molecule has 0 saturated carbocycles. The molecule has 0 bridgehead atoms. The van der Waals surface area contributed by atoms with E-state index in [1.807, 2.05) is 29.6 Å². The molecule has 1 aromatic carbocycles. The molecule has 0 unspecified atom stereocenters. The fraction of sp³-hybridized carbons (Fsp3) is 0.0769. The number of para-hydroxylation sites is 1. The van der Waals surface area contributed by atoms with E-state index in [1.165, 1.54) is 23.1 Å². The number of fused-ring (bicyclic) bond motifs is 3. The molecule has 4 rings (SSSR count). The maximum atomic E-state index is 5.67. The van der Waals surface area contributed by atoms with Crippen LogP contribution in [0.15, 0.2) is 34.8 Å². The topological polar surface area (TPSA) is 94.6 Å². The van der Waals surface area contributed by atoms with E-state index < -0.39 is 0 Å². The molecule has 0 aliphatic carbocycles. The zero-order chi connectivity index (χ0) is 14.2. The Kier molecular flexibility index (Phi) is 2.97. The van der Waals surface area contributed by atoms with Gasteiger partial charge in [-0.25, -0.2) is 9.97 Å². The van der Waals surface area contributed by atoms with E-state index in [1.54, 1.807) is 0 Å². The van der Waals surface area contributed by atoms with Gasteiger partial charge in [0.05, 0.1) is 5.75 Å². The van der Waals surface area contributed by atoms with E-state index in [4.69, 9.17) is 5.73 Å². The lowest BCUT2D eigenvalue weighted by Crippen LogP contribution is -2.09. The fourth-order valence-electron chi connectivity index (χ4n) is 2.13. The first-order valence-electron chi connectivity index (χ1n) is 6.29. The third kappa shape index (κ3) is 2.32. The van der Waals surface area contributed by atoms with Crippen molar-refractivity contribution in [3.8, 4) is 0 Å². The predicted molar refractivity (Wildman–Crippen MR) is 84.0 cm³/mol. The number of nitrogen functional groups attached to an aromatic ring is 1. The van der Waals surface area contributed by atoms with E-state index in [0.717, 1.165) is 33.5 Å². The fourth-order valence-corrected chi connectivity index (χ4v) is 3.53. The van der Waals surface area contributed by atoms with E-state index in [9.17, 15) is 0 Å². The second kappa shape index (κ2) is 4.97. The van der Waals surface area contributed by atoms with E-state index in [2.05, 4.69) is 25.1 Å². The van der Waals surface area contributed by atoms with Crippen molar-refractivity contribution in [3.63, 3.8) is 0 Å². The lowest BCUT2D eigenvalue weighted by Gasteiger charge is -1.96. The largest absolute Gasteiger partial charge is 0.338 e. The minimum absolute atomic E-state index is 0.646. The molecular weight excluding hydrogens is 304 g/mol. The Hall–Kier alpha value is -2.19. The van der Waals surface area contributed by atoms with Gasteiger partial charge in [-0.05, 0) is 6.07 Å². The number of H-pyrrole nitrogens is 2. The van der Waals surface area contributed by atoms with E-state index in [-0.39, 0.29) is 0 Å². The van der Waals surface area contributed by atoms with Crippen LogP contribution in [0.4, 0.5) is 5.13 Å². The van der Waals surface area contributed by atoms with Crippen LogP contribution in [-0.2, 0) is 5.75 Å². The van der Waals surface area contributed by atoms with E-state index >= 15 is 0 Å². The number of hydrogen-bond donors (Lipinski definition) is 2. The SMILES string of the molecule is Nc1[nH+]c(CSc2nnc3c(n2)[nH]c2ccccc23)cs1. The molecule has 0 saturated heterocycles. The molecule has 0 atom stereocenters. The molecule has 0 aliphatic heterocycles. The van der Waals surface area contributed by atoms with Gasteiger partial charge >= 0.3 is 5.13 Å². The predicted octanol–water partition coefficient (Wildman–Crippen LogP) is 2.26. The maximum absolute atomic E-state index is 5.67. The van der Waals surface area contributed by atoms with Crippen molar-refractivity contribution in [1.29, 1.82) is 0 Å². The highest BCUT2D eigenvalue weighted by molar-refractivity contribution is 7.98. The number of benzene rings is 1. The molecule has 4 N–H and O–H groups in total. The Morgan fingerprint density at radius 2 is 2.19 bits per heavy atom. The summed E-state index contributed by atoms with van der Waals surface area (Å²) < 4.78 is 0. The number of nitrogens with two attached hydrogens (primary N) is 1. The number of rotatable bonds is 3. The van der Waals surface area contributed by atoms with Crippen LogP contribution in [0, 0.1) is 0 Å². The Balaban J connectivity index is 1.65. The van der Waals surface area contributed by atoms with Gasteiger partial charge in [0, 0.05) is 16.3 Å². The van der Waals surface area contributed by atoms with Crippen LogP contribution in [0.5, 0.6) is 0 Å². The van der Waals surface area contributed by atoms with Crippen molar-refractivity contribution in [2.75, 3.05) is 5.73 Å². The Labute approximate surface area is 127 Å². The average molecular weight is 315 g/mol. The van der Waals surface area contributed by atoms with Gasteiger partial charge in [0.25, 0.3) is 0 Å². The molecule has 6 nitrogen and oxygen atoms in total. The summed E-state index contributed by atoms with van der Waals surface area (Å²) in [6, 6.07) is 7.99. The van der Waals surface area contributed by atoms with Crippen molar-refractivity contribution in [1.82, 2.24) is 20.2 Å². The number of thioether (sulfide) groups is 1. The summed E-state index contributed by atoms with van der Waals surface area (Å²) in [7, 11) is 0. The zero-order valence-electron chi connectivity index (χ0n) is 10.8. The summed E-state index contributed by atoms with van der Waals surface area (Å²) in [5.74, 6) is 0.737. The number of anilines is 1. The molecule has 0 aliphatic rings. The van der Waals surface area contributed by atoms with Gasteiger partial charge in [0.15, 0.2) is 5.65 Å². The van der Waals surface area contributed by atoms with Crippen LogP contribution in [0.25, 0.3) is 22.1 Å². The molecule has 3 aromatic heterocycles. The molecule has 0 spiro atoms. The molecule has 0 radical (unpaired) electrons. The van der Waals surface area contributed by atoms with Crippen LogP contribution in [-0.4, -0.2) is 20.2 Å². The van der Waals surface area contributed by atoms with Gasteiger partial charge in [0.2, 0.25) is 5.16 Å². The van der Waals surface area contributed by atoms with Crippen molar-refractivity contribution < 1.29 is 4.98 Å². The summed E-state index contributed by atoms with van der Waals surface area (Å²) in [4.78, 5) is 10.9. The van der Waals surface area contributed by atoms with Crippen LogP contribution < -0.4 is 10.7 Å². The minimum atomic E-state index is 0.646. The average Bonchev–Trinajstić information content (AvgIpc) is 3.07. The van der Waals surface area contributed by atoms with Crippen LogP contribution >= 0.6 is 23.1 Å². The highest BCUT2D eigenvalue weighted by Crippen LogP contribution is 2.24. The minimum Gasteiger partial charge on any atom is -0.338 e. The zero-order valence-corrected chi connectivity index (χ0v) is 12.5. The highest BCUT2D eigenvalue weighted by Gasteiger charge is 2.10. The van der Waals surface area contributed by atoms with Crippen LogP contribution in [0.3, 0.4) is 0 Å². The third-order valence-electron chi connectivity index (χ3n) is 3.07. The summed E-state index contributed by atoms with van der Waals surface area (Å²) in [6.45, 7) is 0. The molecular formula is C13H11N6S2+. The van der Waals surface area contributed by atoms with Gasteiger partial charge in [-0.15, -0.1) is 10.2 Å².